The molecule has 0 atom stereocenters. The van der Waals surface area contributed by atoms with Crippen molar-refractivity contribution in [3.05, 3.63) is 57.3 Å². The first-order valence-electron chi connectivity index (χ1n) is 8.51. The summed E-state index contributed by atoms with van der Waals surface area (Å²) in [6, 6.07) is 8.78. The number of nitrogens with zero attached hydrogens (tertiary/aromatic N) is 4. The lowest BCUT2D eigenvalue weighted by Gasteiger charge is -2.13. The van der Waals surface area contributed by atoms with Crippen LogP contribution in [0.25, 0.3) is 15.5 Å². The summed E-state index contributed by atoms with van der Waals surface area (Å²) in [5, 5.41) is 16.9. The average molecular weight is 448 g/mol. The zero-order valence-electron chi connectivity index (χ0n) is 15.7. The number of hydrogen-bond donors (Lipinski definition) is 1. The van der Waals surface area contributed by atoms with Crippen LogP contribution in [0.4, 0.5) is 5.69 Å². The molecule has 0 bridgehead atoms. The van der Waals surface area contributed by atoms with Gasteiger partial charge in [0.1, 0.15) is 10.8 Å². The van der Waals surface area contributed by atoms with Gasteiger partial charge in [-0.3, -0.25) is 4.79 Å². The lowest BCUT2D eigenvalue weighted by atomic mass is 10.1. The van der Waals surface area contributed by atoms with E-state index in [2.05, 4.69) is 20.6 Å². The molecule has 0 unspecified atom stereocenters. The smallest absolute Gasteiger partial charge is 0.259 e. The monoisotopic (exact) mass is 447 g/mol. The number of ether oxygens (including phenoxy) is 1. The van der Waals surface area contributed by atoms with Gasteiger partial charge >= 0.3 is 0 Å². The first kappa shape index (κ1) is 19.6. The van der Waals surface area contributed by atoms with Crippen molar-refractivity contribution in [2.24, 2.45) is 0 Å². The van der Waals surface area contributed by atoms with Crippen LogP contribution in [0.15, 0.2) is 30.3 Å². The molecule has 0 saturated carbocycles. The number of fused-ring (bicyclic) bond motifs is 1. The molecular formula is C19H15Cl2N5O2S. The van der Waals surface area contributed by atoms with Crippen LogP contribution in [0.5, 0.6) is 5.75 Å². The third-order valence-electron chi connectivity index (χ3n) is 4.34. The fourth-order valence-electron chi connectivity index (χ4n) is 2.85. The maximum absolute atomic E-state index is 12.9. The van der Waals surface area contributed by atoms with Gasteiger partial charge in [0.2, 0.25) is 4.96 Å². The second-order valence-electron chi connectivity index (χ2n) is 6.30. The van der Waals surface area contributed by atoms with Crippen molar-refractivity contribution in [1.29, 1.82) is 0 Å². The minimum absolute atomic E-state index is 0.254. The normalized spacial score (nSPS) is 11.1. The Bertz CT molecular complexity index is 1250. The molecule has 0 aliphatic carbocycles. The largest absolute Gasteiger partial charge is 0.494 e. The van der Waals surface area contributed by atoms with E-state index in [4.69, 9.17) is 27.9 Å². The van der Waals surface area contributed by atoms with Crippen LogP contribution in [-0.2, 0) is 0 Å². The maximum Gasteiger partial charge on any atom is 0.259 e. The summed E-state index contributed by atoms with van der Waals surface area (Å²) >= 11 is 13.6. The van der Waals surface area contributed by atoms with Gasteiger partial charge < -0.3 is 10.1 Å². The molecular weight excluding hydrogens is 433 g/mol. The van der Waals surface area contributed by atoms with E-state index in [0.717, 1.165) is 16.1 Å². The molecule has 2 aromatic carbocycles. The molecule has 10 heteroatoms. The van der Waals surface area contributed by atoms with Crippen molar-refractivity contribution >= 4 is 51.1 Å². The number of carbonyl (C=O) groups is 1. The van der Waals surface area contributed by atoms with Crippen LogP contribution >= 0.6 is 34.5 Å². The van der Waals surface area contributed by atoms with Gasteiger partial charge in [0, 0.05) is 16.3 Å². The van der Waals surface area contributed by atoms with Gasteiger partial charge in [0.25, 0.3) is 5.91 Å². The minimum Gasteiger partial charge on any atom is -0.494 e. The summed E-state index contributed by atoms with van der Waals surface area (Å²) in [4.78, 5) is 13.6. The number of methoxy groups -OCH3 is 1. The number of benzene rings is 2. The van der Waals surface area contributed by atoms with Gasteiger partial charge in [-0.25, -0.2) is 0 Å². The van der Waals surface area contributed by atoms with Crippen molar-refractivity contribution in [2.45, 2.75) is 13.8 Å². The maximum atomic E-state index is 12.9. The number of carbonyl (C=O) groups excluding carboxylic acids is 1. The number of halogens is 2. The molecule has 2 heterocycles. The van der Waals surface area contributed by atoms with Crippen LogP contribution in [0, 0.1) is 13.8 Å². The third-order valence-corrected chi connectivity index (χ3v) is 5.78. The van der Waals surface area contributed by atoms with E-state index in [1.165, 1.54) is 30.6 Å². The number of rotatable bonds is 4. The Morgan fingerprint density at radius 2 is 1.97 bits per heavy atom. The van der Waals surface area contributed by atoms with E-state index >= 15 is 0 Å². The van der Waals surface area contributed by atoms with E-state index in [1.54, 1.807) is 4.52 Å². The Labute approximate surface area is 180 Å². The quantitative estimate of drug-likeness (QED) is 0.473. The summed E-state index contributed by atoms with van der Waals surface area (Å²) in [6.45, 7) is 3.75. The summed E-state index contributed by atoms with van der Waals surface area (Å²) in [5.74, 6) is 0.611. The molecule has 1 N–H and O–H groups in total. The van der Waals surface area contributed by atoms with E-state index in [-0.39, 0.29) is 22.2 Å². The lowest BCUT2D eigenvalue weighted by Crippen LogP contribution is -2.14. The van der Waals surface area contributed by atoms with Crippen molar-refractivity contribution in [3.8, 4) is 16.3 Å². The van der Waals surface area contributed by atoms with Gasteiger partial charge in [0.15, 0.2) is 5.82 Å². The number of anilines is 1. The summed E-state index contributed by atoms with van der Waals surface area (Å²) in [6.07, 6.45) is 0. The Kier molecular flexibility index (Phi) is 5.16. The zero-order chi connectivity index (χ0) is 20.7. The summed E-state index contributed by atoms with van der Waals surface area (Å²) in [7, 11) is 1.45. The standard InChI is InChI=1S/C19H15Cl2N5O2S/c1-9-4-5-11(18-25-26-10(2)23-24-19(26)29-18)6-15(9)22-17(27)13-7-12(20)8-14(21)16(13)28-3/h4-8H,1-3H3,(H,22,27). The number of hydrogen-bond acceptors (Lipinski definition) is 6. The van der Waals surface area contributed by atoms with E-state index in [0.29, 0.717) is 21.5 Å². The minimum atomic E-state index is -0.375. The third kappa shape index (κ3) is 3.66. The van der Waals surface area contributed by atoms with Gasteiger partial charge in [-0.15, -0.1) is 10.2 Å². The van der Waals surface area contributed by atoms with Crippen molar-refractivity contribution in [1.82, 2.24) is 19.8 Å². The van der Waals surface area contributed by atoms with E-state index < -0.39 is 0 Å². The highest BCUT2D eigenvalue weighted by Crippen LogP contribution is 2.34. The molecule has 0 saturated heterocycles. The molecule has 7 nitrogen and oxygen atoms in total. The molecule has 4 aromatic rings. The molecule has 0 spiro atoms. The number of aryl methyl sites for hydroxylation is 2. The Morgan fingerprint density at radius 3 is 2.69 bits per heavy atom. The number of aromatic nitrogens is 4. The second kappa shape index (κ2) is 7.62. The Hall–Kier alpha value is -2.68. The van der Waals surface area contributed by atoms with Crippen LogP contribution in [0.2, 0.25) is 10.0 Å². The predicted octanol–water partition coefficient (Wildman–Crippen LogP) is 5.04. The van der Waals surface area contributed by atoms with Gasteiger partial charge in [0.05, 0.1) is 17.7 Å². The molecule has 0 aliphatic heterocycles. The molecule has 29 heavy (non-hydrogen) atoms. The molecule has 0 aliphatic rings. The highest BCUT2D eigenvalue weighted by molar-refractivity contribution is 7.19. The second-order valence-corrected chi connectivity index (χ2v) is 8.10. The summed E-state index contributed by atoms with van der Waals surface area (Å²) < 4.78 is 6.97. The van der Waals surface area contributed by atoms with Gasteiger partial charge in [-0.05, 0) is 37.6 Å². The van der Waals surface area contributed by atoms with Crippen LogP contribution in [-0.4, -0.2) is 32.8 Å². The Balaban J connectivity index is 1.69. The van der Waals surface area contributed by atoms with Crippen molar-refractivity contribution in [2.75, 3.05) is 12.4 Å². The van der Waals surface area contributed by atoms with E-state index in [1.807, 2.05) is 32.0 Å². The molecule has 2 aromatic heterocycles. The number of amides is 1. The Morgan fingerprint density at radius 1 is 1.17 bits per heavy atom. The average Bonchev–Trinajstić information content (AvgIpc) is 3.25. The molecule has 148 valence electrons. The predicted molar refractivity (Wildman–Crippen MR) is 115 cm³/mol. The van der Waals surface area contributed by atoms with Crippen molar-refractivity contribution < 1.29 is 9.53 Å². The SMILES string of the molecule is COc1c(Cl)cc(Cl)cc1C(=O)Nc1cc(-c2nn3c(C)nnc3s2)ccc1C. The van der Waals surface area contributed by atoms with E-state index in [9.17, 15) is 4.79 Å². The fraction of sp³-hybridized carbons (Fsp3) is 0.158. The zero-order valence-corrected chi connectivity index (χ0v) is 18.0. The van der Waals surface area contributed by atoms with Crippen molar-refractivity contribution in [3.63, 3.8) is 0 Å². The molecule has 0 fully saturated rings. The van der Waals surface area contributed by atoms with Crippen LogP contribution < -0.4 is 10.1 Å². The number of nitrogens with one attached hydrogen (secondary N) is 1. The first-order chi connectivity index (χ1) is 13.9. The molecule has 0 radical (unpaired) electrons. The van der Waals surface area contributed by atoms with Crippen LogP contribution in [0.1, 0.15) is 21.7 Å². The van der Waals surface area contributed by atoms with Gasteiger partial charge in [-0.2, -0.15) is 9.61 Å². The van der Waals surface area contributed by atoms with Crippen LogP contribution in [0.3, 0.4) is 0 Å². The molecule has 4 rings (SSSR count). The topological polar surface area (TPSA) is 81.4 Å². The van der Waals surface area contributed by atoms with Gasteiger partial charge in [-0.1, -0.05) is 46.7 Å². The summed E-state index contributed by atoms with van der Waals surface area (Å²) in [5.41, 5.74) is 2.66. The fourth-order valence-corrected chi connectivity index (χ4v) is 4.30. The highest BCUT2D eigenvalue weighted by Gasteiger charge is 2.18. The lowest BCUT2D eigenvalue weighted by molar-refractivity contribution is 0.102. The first-order valence-corrected chi connectivity index (χ1v) is 10.1. The molecule has 1 amide bonds. The highest BCUT2D eigenvalue weighted by atomic mass is 35.5.